The van der Waals surface area contributed by atoms with Gasteiger partial charge in [-0.15, -0.1) is 0 Å². The van der Waals surface area contributed by atoms with Gasteiger partial charge >= 0.3 is 6.43 Å². The molecule has 0 heterocycles. The van der Waals surface area contributed by atoms with Crippen molar-refractivity contribution in [3.05, 3.63) is 29.3 Å². The Bertz CT molecular complexity index is 390. The Balaban J connectivity index is 3.28. The Morgan fingerprint density at radius 2 is 1.93 bits per heavy atom. The fourth-order valence-electron chi connectivity index (χ4n) is 1.03. The van der Waals surface area contributed by atoms with Gasteiger partial charge in [-0.25, -0.2) is 17.6 Å². The third-order valence-corrected chi connectivity index (χ3v) is 1.72. The van der Waals surface area contributed by atoms with Crippen LogP contribution in [0.2, 0.25) is 0 Å². The van der Waals surface area contributed by atoms with Crippen molar-refractivity contribution in [2.45, 2.75) is 6.43 Å². The van der Waals surface area contributed by atoms with Crippen LogP contribution in [0.25, 0.3) is 0 Å². The summed E-state index contributed by atoms with van der Waals surface area (Å²) in [6.45, 7) is 0. The van der Waals surface area contributed by atoms with E-state index in [-0.39, 0.29) is 0 Å². The maximum absolute atomic E-state index is 13.2. The average molecular weight is 222 g/mol. The molecule has 0 fully saturated rings. The van der Waals surface area contributed by atoms with Crippen LogP contribution in [0.4, 0.5) is 17.6 Å². The van der Waals surface area contributed by atoms with Crippen molar-refractivity contribution < 1.29 is 27.1 Å². The van der Waals surface area contributed by atoms with E-state index in [0.717, 1.165) is 7.11 Å². The molecule has 0 aliphatic carbocycles. The van der Waals surface area contributed by atoms with Gasteiger partial charge in [-0.05, 0) is 12.1 Å². The minimum Gasteiger partial charge on any atom is -0.491 e. The summed E-state index contributed by atoms with van der Waals surface area (Å²) in [4.78, 5) is 10.8. The molecule has 0 unspecified atom stereocenters. The largest absolute Gasteiger partial charge is 0.491 e. The number of methoxy groups -OCH3 is 1. The Labute approximate surface area is 82.5 Å². The molecule has 0 spiro atoms. The zero-order valence-electron chi connectivity index (χ0n) is 7.56. The van der Waals surface area contributed by atoms with E-state index in [4.69, 9.17) is 0 Å². The second kappa shape index (κ2) is 4.29. The maximum Gasteiger partial charge on any atom is 0.300 e. The van der Waals surface area contributed by atoms with Crippen molar-refractivity contribution in [2.75, 3.05) is 7.11 Å². The number of Topliss-reactive ketones (excluding diaryl/α,β-unsaturated/α-hetero) is 1. The van der Waals surface area contributed by atoms with Crippen LogP contribution in [-0.2, 0) is 0 Å². The lowest BCUT2D eigenvalue weighted by Gasteiger charge is -2.06. The molecule has 2 nitrogen and oxygen atoms in total. The molecule has 1 rings (SSSR count). The van der Waals surface area contributed by atoms with Crippen molar-refractivity contribution in [3.63, 3.8) is 0 Å². The highest BCUT2D eigenvalue weighted by molar-refractivity contribution is 5.99. The van der Waals surface area contributed by atoms with E-state index in [0.29, 0.717) is 12.1 Å². The molecule has 0 radical (unpaired) electrons. The topological polar surface area (TPSA) is 26.3 Å². The van der Waals surface area contributed by atoms with E-state index < -0.39 is 35.2 Å². The Kier molecular flexibility index (Phi) is 3.28. The number of ketones is 1. The first-order chi connectivity index (χ1) is 6.99. The van der Waals surface area contributed by atoms with Gasteiger partial charge in [0.1, 0.15) is 0 Å². The Hall–Kier alpha value is -1.59. The number of hydrogen-bond acceptors (Lipinski definition) is 2. The lowest BCUT2D eigenvalue weighted by molar-refractivity contribution is 0.0673. The second-order valence-electron chi connectivity index (χ2n) is 2.61. The molecule has 0 aliphatic heterocycles. The van der Waals surface area contributed by atoms with Crippen LogP contribution < -0.4 is 4.74 Å². The smallest absolute Gasteiger partial charge is 0.300 e. The predicted molar refractivity (Wildman–Crippen MR) is 43.2 cm³/mol. The van der Waals surface area contributed by atoms with Crippen LogP contribution in [0.3, 0.4) is 0 Å². The zero-order chi connectivity index (χ0) is 11.6. The summed E-state index contributed by atoms with van der Waals surface area (Å²) in [5.41, 5.74) is -0.886. The molecule has 0 saturated heterocycles. The van der Waals surface area contributed by atoms with Crippen molar-refractivity contribution >= 4 is 5.78 Å². The van der Waals surface area contributed by atoms with Crippen LogP contribution >= 0.6 is 0 Å². The number of benzene rings is 1. The number of carbonyl (C=O) groups is 1. The van der Waals surface area contributed by atoms with Crippen molar-refractivity contribution in [3.8, 4) is 5.75 Å². The molecule has 1 aromatic carbocycles. The molecule has 0 bridgehead atoms. The molecule has 0 aromatic heterocycles. The number of ether oxygens (including phenoxy) is 1. The van der Waals surface area contributed by atoms with E-state index in [9.17, 15) is 22.4 Å². The van der Waals surface area contributed by atoms with Crippen LogP contribution in [0.15, 0.2) is 12.1 Å². The lowest BCUT2D eigenvalue weighted by atomic mass is 10.1. The van der Waals surface area contributed by atoms with Crippen LogP contribution in [-0.4, -0.2) is 19.3 Å². The van der Waals surface area contributed by atoms with Gasteiger partial charge in [0.15, 0.2) is 17.4 Å². The van der Waals surface area contributed by atoms with Crippen LogP contribution in [0, 0.1) is 11.6 Å². The van der Waals surface area contributed by atoms with Gasteiger partial charge in [-0.2, -0.15) is 0 Å². The molecule has 82 valence electrons. The molecule has 1 aromatic rings. The number of carbonyl (C=O) groups excluding carboxylic acids is 1. The summed E-state index contributed by atoms with van der Waals surface area (Å²) < 4.78 is 54.3. The van der Waals surface area contributed by atoms with Gasteiger partial charge in [0, 0.05) is 0 Å². The fourth-order valence-corrected chi connectivity index (χ4v) is 1.03. The summed E-state index contributed by atoms with van der Waals surface area (Å²) in [6.07, 6.45) is -3.34. The Morgan fingerprint density at radius 3 is 2.40 bits per heavy atom. The van der Waals surface area contributed by atoms with Gasteiger partial charge in [0.25, 0.3) is 0 Å². The average Bonchev–Trinajstić information content (AvgIpc) is 2.17. The third-order valence-electron chi connectivity index (χ3n) is 1.72. The van der Waals surface area contributed by atoms with Gasteiger partial charge in [-0.3, -0.25) is 4.79 Å². The highest BCUT2D eigenvalue weighted by Gasteiger charge is 2.25. The molecular formula is C9H6F4O2. The normalized spacial score (nSPS) is 10.5. The van der Waals surface area contributed by atoms with E-state index >= 15 is 0 Å². The fraction of sp³-hybridized carbons (Fsp3) is 0.222. The van der Waals surface area contributed by atoms with Crippen LogP contribution in [0.5, 0.6) is 5.75 Å². The zero-order valence-corrected chi connectivity index (χ0v) is 7.56. The molecule has 15 heavy (non-hydrogen) atoms. The first-order valence-corrected chi connectivity index (χ1v) is 3.83. The molecule has 0 N–H and O–H groups in total. The third kappa shape index (κ3) is 2.08. The molecule has 0 saturated carbocycles. The summed E-state index contributed by atoms with van der Waals surface area (Å²) >= 11 is 0. The highest BCUT2D eigenvalue weighted by atomic mass is 19.3. The summed E-state index contributed by atoms with van der Waals surface area (Å²) in [7, 11) is 0.970. The Morgan fingerprint density at radius 1 is 1.33 bits per heavy atom. The lowest BCUT2D eigenvalue weighted by Crippen LogP contribution is -2.13. The number of alkyl halides is 2. The standard InChI is InChI=1S/C9H6F4O2/c1-15-8-5(10)3-2-4(6(8)11)7(14)9(12)13/h2-3,9H,1H3. The second-order valence-corrected chi connectivity index (χ2v) is 2.61. The predicted octanol–water partition coefficient (Wildman–Crippen LogP) is 2.42. The van der Waals surface area contributed by atoms with E-state index in [1.165, 1.54) is 0 Å². The number of rotatable bonds is 3. The summed E-state index contributed by atoms with van der Waals surface area (Å²) in [6, 6.07) is 1.35. The number of hydrogen-bond donors (Lipinski definition) is 0. The quantitative estimate of drug-likeness (QED) is 0.579. The van der Waals surface area contributed by atoms with Crippen molar-refractivity contribution in [1.29, 1.82) is 0 Å². The first-order valence-electron chi connectivity index (χ1n) is 3.83. The van der Waals surface area contributed by atoms with Gasteiger partial charge < -0.3 is 4.74 Å². The minimum atomic E-state index is -3.34. The van der Waals surface area contributed by atoms with Gasteiger partial charge in [0.2, 0.25) is 5.78 Å². The maximum atomic E-state index is 13.2. The van der Waals surface area contributed by atoms with Crippen molar-refractivity contribution in [1.82, 2.24) is 0 Å². The SMILES string of the molecule is COc1c(F)ccc(C(=O)C(F)F)c1F. The molecule has 0 aliphatic rings. The summed E-state index contributed by atoms with van der Waals surface area (Å²) in [5, 5.41) is 0. The monoisotopic (exact) mass is 222 g/mol. The van der Waals surface area contributed by atoms with Crippen molar-refractivity contribution in [2.24, 2.45) is 0 Å². The van der Waals surface area contributed by atoms with E-state index in [2.05, 4.69) is 4.74 Å². The van der Waals surface area contributed by atoms with E-state index in [1.807, 2.05) is 0 Å². The molecule has 6 heteroatoms. The van der Waals surface area contributed by atoms with Gasteiger partial charge in [-0.1, -0.05) is 0 Å². The molecule has 0 amide bonds. The van der Waals surface area contributed by atoms with Crippen LogP contribution in [0.1, 0.15) is 10.4 Å². The first kappa shape index (κ1) is 11.5. The summed E-state index contributed by atoms with van der Waals surface area (Å²) in [5.74, 6) is -5.02. The molecule has 0 atom stereocenters. The molecular weight excluding hydrogens is 216 g/mol. The minimum absolute atomic E-state index is 0.654. The van der Waals surface area contributed by atoms with Gasteiger partial charge in [0.05, 0.1) is 12.7 Å². The highest BCUT2D eigenvalue weighted by Crippen LogP contribution is 2.25. The van der Waals surface area contributed by atoms with E-state index in [1.54, 1.807) is 0 Å². The number of halogens is 4.